The predicted octanol–water partition coefficient (Wildman–Crippen LogP) is 3.14. The second-order valence-electron chi connectivity index (χ2n) is 7.08. The molecule has 188 valence electrons. The minimum absolute atomic E-state index is 0.0456. The van der Waals surface area contributed by atoms with Gasteiger partial charge < -0.3 is 14.4 Å². The van der Waals surface area contributed by atoms with Gasteiger partial charge in [0.1, 0.15) is 18.9 Å². The second kappa shape index (κ2) is 9.03. The molecule has 0 aromatic heterocycles. The number of hydrogen-bond donors (Lipinski definition) is 0. The first-order valence-corrected chi connectivity index (χ1v) is 9.26. The number of fused-ring (bicyclic) bond motifs is 1. The van der Waals surface area contributed by atoms with Crippen LogP contribution >= 0.6 is 0 Å². The number of carbonyl (C=O) groups is 3. The van der Waals surface area contributed by atoms with Crippen LogP contribution in [0.25, 0.3) is 11.1 Å². The molecule has 0 saturated heterocycles. The van der Waals surface area contributed by atoms with Crippen LogP contribution in [0.15, 0.2) is 12.1 Å². The molecule has 2 aromatic carbocycles. The van der Waals surface area contributed by atoms with Gasteiger partial charge in [0.2, 0.25) is 11.7 Å². The van der Waals surface area contributed by atoms with Crippen molar-refractivity contribution in [1.29, 1.82) is 0 Å². The Bertz CT molecular complexity index is 1220. The van der Waals surface area contributed by atoms with Gasteiger partial charge in [0.25, 0.3) is 0 Å². The quantitative estimate of drug-likeness (QED) is 0.267. The van der Waals surface area contributed by atoms with Gasteiger partial charge in [0.05, 0.1) is 18.4 Å². The summed E-state index contributed by atoms with van der Waals surface area (Å²) in [5.41, 5.74) is -3.90. The summed E-state index contributed by atoms with van der Waals surface area (Å²) in [5, 5.41) is 0. The molecule has 2 aromatic rings. The van der Waals surface area contributed by atoms with Crippen molar-refractivity contribution < 1.29 is 59.0 Å². The molecule has 0 N–H and O–H groups in total. The van der Waals surface area contributed by atoms with Crippen LogP contribution in [0.1, 0.15) is 0 Å². The number of ether oxygens (including phenoxy) is 2. The van der Waals surface area contributed by atoms with Crippen LogP contribution in [0.3, 0.4) is 0 Å². The minimum Gasteiger partial charge on any atom is -0.468 e. The summed E-state index contributed by atoms with van der Waals surface area (Å²) in [6.45, 7) is -1.86. The molecule has 0 aliphatic carbocycles. The van der Waals surface area contributed by atoms with E-state index < -0.39 is 94.4 Å². The van der Waals surface area contributed by atoms with Gasteiger partial charge in [0, 0.05) is 18.7 Å². The lowest BCUT2D eigenvalue weighted by atomic mass is 10.0. The Morgan fingerprint density at radius 2 is 1.54 bits per heavy atom. The maximum absolute atomic E-state index is 14.6. The molecule has 7 nitrogen and oxygen atoms in total. The maximum Gasteiger partial charge on any atom is 0.482 e. The molecule has 1 aliphatic rings. The first-order valence-electron chi connectivity index (χ1n) is 9.26. The summed E-state index contributed by atoms with van der Waals surface area (Å²) in [6, 6.07) is 0.433. The van der Waals surface area contributed by atoms with E-state index in [-0.39, 0.29) is 11.0 Å². The number of esters is 1. The Balaban J connectivity index is 2.16. The van der Waals surface area contributed by atoms with E-state index >= 15 is 0 Å². The molecule has 2 amide bonds. The van der Waals surface area contributed by atoms with Crippen LogP contribution in [0.4, 0.5) is 40.8 Å². The minimum atomic E-state index is -4.62. The largest absolute Gasteiger partial charge is 0.482 e. The second-order valence-corrected chi connectivity index (χ2v) is 7.08. The zero-order chi connectivity index (χ0) is 26.4. The average Bonchev–Trinajstić information content (AvgIpc) is 2.79. The van der Waals surface area contributed by atoms with Gasteiger partial charge in [-0.05, 0) is 6.07 Å². The van der Waals surface area contributed by atoms with Crippen LogP contribution in [0.2, 0.25) is 0 Å². The lowest BCUT2D eigenvalue weighted by Crippen LogP contribution is -2.54. The van der Waals surface area contributed by atoms with Crippen LogP contribution in [-0.2, 0) is 19.1 Å². The summed E-state index contributed by atoms with van der Waals surface area (Å²) in [6.07, 6.45) is -4.62. The topological polar surface area (TPSA) is 76.2 Å². The normalized spacial score (nSPS) is 14.3. The molecule has 3 rings (SSSR count). The Labute approximate surface area is 190 Å². The molecule has 0 radical (unpaired) electrons. The number of alkyl halides is 2. The van der Waals surface area contributed by atoms with E-state index in [9.17, 15) is 49.5 Å². The number of hydrogen-bond acceptors (Lipinski definition) is 5. The number of benzene rings is 2. The fourth-order valence-corrected chi connectivity index (χ4v) is 3.08. The Hall–Kier alpha value is -3.91. The van der Waals surface area contributed by atoms with Crippen LogP contribution in [-0.4, -0.2) is 56.0 Å². The molecule has 0 saturated carbocycles. The smallest absolute Gasteiger partial charge is 0.468 e. The lowest BCUT2D eigenvalue weighted by molar-refractivity contribution is -0.193. The standard InChI is InChI=1S/C20H12F8N2O5/c1-29(6-12(32)34-2)11(31)5-30-9-3-7(8(21)4-10(9)35-20(27,28)19(30)33)13-14(22)16(24)18(26)17(25)15(13)23/h3-4H,5-6H2,1-2H3. The zero-order valence-corrected chi connectivity index (χ0v) is 17.5. The van der Waals surface area contributed by atoms with E-state index in [0.29, 0.717) is 11.0 Å². The summed E-state index contributed by atoms with van der Waals surface area (Å²) in [7, 11) is 2.05. The Morgan fingerprint density at radius 3 is 2.09 bits per heavy atom. The SMILES string of the molecule is COC(=O)CN(C)C(=O)CN1C(=O)C(F)(F)Oc2cc(F)c(-c3c(F)c(F)c(F)c(F)c3F)cc21. The van der Waals surface area contributed by atoms with Crippen molar-refractivity contribution in [3.05, 3.63) is 47.0 Å². The third kappa shape index (κ3) is 4.44. The van der Waals surface area contributed by atoms with E-state index in [1.54, 1.807) is 0 Å². The molecular formula is C20H12F8N2O5. The Kier molecular flexibility index (Phi) is 6.64. The van der Waals surface area contributed by atoms with E-state index in [2.05, 4.69) is 9.47 Å². The van der Waals surface area contributed by atoms with Crippen LogP contribution in [0, 0.1) is 34.9 Å². The molecule has 1 aliphatic heterocycles. The van der Waals surface area contributed by atoms with Gasteiger partial charge in [-0.2, -0.15) is 8.78 Å². The molecule has 0 bridgehead atoms. The fraction of sp³-hybridized carbons (Fsp3) is 0.250. The van der Waals surface area contributed by atoms with E-state index in [0.717, 1.165) is 14.2 Å². The molecule has 0 fully saturated rings. The first kappa shape index (κ1) is 25.7. The number of halogens is 8. The molecule has 1 heterocycles. The van der Waals surface area contributed by atoms with Crippen molar-refractivity contribution in [2.45, 2.75) is 6.11 Å². The first-order chi connectivity index (χ1) is 16.2. The number of carbonyl (C=O) groups excluding carboxylic acids is 3. The van der Waals surface area contributed by atoms with Crippen molar-refractivity contribution in [3.63, 3.8) is 0 Å². The third-order valence-corrected chi connectivity index (χ3v) is 4.86. The average molecular weight is 512 g/mol. The van der Waals surface area contributed by atoms with Crippen molar-refractivity contribution in [2.75, 3.05) is 32.1 Å². The van der Waals surface area contributed by atoms with E-state index in [4.69, 9.17) is 0 Å². The van der Waals surface area contributed by atoms with Crippen molar-refractivity contribution >= 4 is 23.5 Å². The van der Waals surface area contributed by atoms with Crippen molar-refractivity contribution in [3.8, 4) is 16.9 Å². The highest BCUT2D eigenvalue weighted by Gasteiger charge is 2.51. The summed E-state index contributed by atoms with van der Waals surface area (Å²) >= 11 is 0. The van der Waals surface area contributed by atoms with Gasteiger partial charge in [-0.3, -0.25) is 19.3 Å². The molecule has 35 heavy (non-hydrogen) atoms. The monoisotopic (exact) mass is 512 g/mol. The molecule has 0 unspecified atom stereocenters. The van der Waals surface area contributed by atoms with Crippen LogP contribution < -0.4 is 9.64 Å². The number of amides is 2. The van der Waals surface area contributed by atoms with Gasteiger partial charge >= 0.3 is 18.0 Å². The fourth-order valence-electron chi connectivity index (χ4n) is 3.08. The summed E-state index contributed by atoms with van der Waals surface area (Å²) in [5.74, 6) is -19.2. The highest BCUT2D eigenvalue weighted by Crippen LogP contribution is 2.44. The maximum atomic E-state index is 14.6. The van der Waals surface area contributed by atoms with Gasteiger partial charge in [-0.15, -0.1) is 0 Å². The zero-order valence-electron chi connectivity index (χ0n) is 17.5. The highest BCUT2D eigenvalue weighted by molar-refractivity contribution is 6.05. The highest BCUT2D eigenvalue weighted by atomic mass is 19.3. The molecule has 0 spiro atoms. The lowest BCUT2D eigenvalue weighted by Gasteiger charge is -2.34. The third-order valence-electron chi connectivity index (χ3n) is 4.86. The molecule has 0 atom stereocenters. The Morgan fingerprint density at radius 1 is 1.00 bits per heavy atom. The van der Waals surface area contributed by atoms with Gasteiger partial charge in [0.15, 0.2) is 29.0 Å². The molecule has 15 heteroatoms. The van der Waals surface area contributed by atoms with Crippen LogP contribution in [0.5, 0.6) is 5.75 Å². The number of methoxy groups -OCH3 is 1. The van der Waals surface area contributed by atoms with Gasteiger partial charge in [-0.1, -0.05) is 0 Å². The molecular weight excluding hydrogens is 500 g/mol. The predicted molar refractivity (Wildman–Crippen MR) is 99.2 cm³/mol. The summed E-state index contributed by atoms with van der Waals surface area (Å²) in [4.78, 5) is 36.7. The number of nitrogens with zero attached hydrogens (tertiary/aromatic N) is 2. The van der Waals surface area contributed by atoms with E-state index in [1.807, 2.05) is 0 Å². The van der Waals surface area contributed by atoms with Gasteiger partial charge in [-0.25, -0.2) is 26.3 Å². The van der Waals surface area contributed by atoms with Crippen molar-refractivity contribution in [2.24, 2.45) is 0 Å². The number of likely N-dealkylation sites (N-methyl/N-ethyl adjacent to an activating group) is 1. The summed E-state index contributed by atoms with van der Waals surface area (Å²) < 4.78 is 120. The number of anilines is 1. The number of rotatable bonds is 5. The van der Waals surface area contributed by atoms with E-state index in [1.165, 1.54) is 0 Å². The van der Waals surface area contributed by atoms with Crippen molar-refractivity contribution in [1.82, 2.24) is 4.90 Å².